The zero-order valence-corrected chi connectivity index (χ0v) is 13.4. The molecule has 0 amide bonds. The molecule has 0 aliphatic carbocycles. The Labute approximate surface area is 132 Å². The first-order valence-corrected chi connectivity index (χ1v) is 7.70. The summed E-state index contributed by atoms with van der Waals surface area (Å²) in [5, 5.41) is 1.19. The molecule has 3 rings (SSSR count). The summed E-state index contributed by atoms with van der Waals surface area (Å²) >= 11 is 1.41. The lowest BCUT2D eigenvalue weighted by Gasteiger charge is -2.12. The predicted octanol–water partition coefficient (Wildman–Crippen LogP) is 3.92. The highest BCUT2D eigenvalue weighted by atomic mass is 32.2. The van der Waals surface area contributed by atoms with Crippen LogP contribution in [0.3, 0.4) is 0 Å². The van der Waals surface area contributed by atoms with Gasteiger partial charge in [-0.1, -0.05) is 23.4 Å². The highest BCUT2D eigenvalue weighted by Gasteiger charge is 2.11. The van der Waals surface area contributed by atoms with E-state index in [-0.39, 0.29) is 5.43 Å². The maximum atomic E-state index is 12.6. The molecule has 0 N–H and O–H groups in total. The van der Waals surface area contributed by atoms with Gasteiger partial charge in [-0.2, -0.15) is 0 Å². The van der Waals surface area contributed by atoms with E-state index in [2.05, 4.69) is 0 Å². The zero-order chi connectivity index (χ0) is 15.7. The van der Waals surface area contributed by atoms with Crippen molar-refractivity contribution < 1.29 is 13.9 Å². The van der Waals surface area contributed by atoms with Crippen molar-refractivity contribution in [2.75, 3.05) is 14.2 Å². The molecule has 0 spiro atoms. The van der Waals surface area contributed by atoms with Crippen LogP contribution >= 0.6 is 11.8 Å². The molecular formula is C17H16O4S. The Kier molecular flexibility index (Phi) is 4.20. The number of ether oxygens (including phenoxy) is 2. The summed E-state index contributed by atoms with van der Waals surface area (Å²) in [6.07, 6.45) is 0. The smallest absolute Gasteiger partial charge is 0.210 e. The molecule has 3 aromatic rings. The number of hydrogen-bond donors (Lipinski definition) is 0. The topological polar surface area (TPSA) is 48.7 Å². The van der Waals surface area contributed by atoms with Crippen LogP contribution in [0.4, 0.5) is 0 Å². The number of hydrogen-bond acceptors (Lipinski definition) is 5. The molecule has 0 atom stereocenters. The Morgan fingerprint density at radius 1 is 1.00 bits per heavy atom. The van der Waals surface area contributed by atoms with Crippen LogP contribution in [0.5, 0.6) is 0 Å². The molecule has 5 heteroatoms. The molecular weight excluding hydrogens is 300 g/mol. The molecule has 22 heavy (non-hydrogen) atoms. The minimum atomic E-state index is -0.396. The van der Waals surface area contributed by atoms with Crippen molar-refractivity contribution in [1.29, 1.82) is 0 Å². The largest absolute Gasteiger partial charge is 0.456 e. The summed E-state index contributed by atoms with van der Waals surface area (Å²) in [7, 11) is 3.16. The van der Waals surface area contributed by atoms with Gasteiger partial charge >= 0.3 is 0 Å². The fourth-order valence-electron chi connectivity index (χ4n) is 2.33. The Morgan fingerprint density at radius 3 is 2.50 bits per heavy atom. The average molecular weight is 316 g/mol. The van der Waals surface area contributed by atoms with Gasteiger partial charge in [0.2, 0.25) is 11.1 Å². The second-order valence-corrected chi connectivity index (χ2v) is 6.06. The van der Waals surface area contributed by atoms with Crippen LogP contribution in [0.15, 0.2) is 50.5 Å². The summed E-state index contributed by atoms with van der Waals surface area (Å²) in [6, 6.07) is 11.1. The first-order valence-electron chi connectivity index (χ1n) is 6.82. The van der Waals surface area contributed by atoms with Crippen molar-refractivity contribution in [3.63, 3.8) is 0 Å². The number of rotatable bonds is 4. The third kappa shape index (κ3) is 2.75. The van der Waals surface area contributed by atoms with Gasteiger partial charge in [-0.25, -0.2) is 0 Å². The lowest BCUT2D eigenvalue weighted by molar-refractivity contribution is -0.0343. The molecule has 0 radical (unpaired) electrons. The van der Waals surface area contributed by atoms with Crippen LogP contribution in [-0.4, -0.2) is 19.8 Å². The summed E-state index contributed by atoms with van der Waals surface area (Å²) in [6.45, 7) is 1.96. The average Bonchev–Trinajstić information content (AvgIpc) is 2.53. The van der Waals surface area contributed by atoms with E-state index in [1.165, 1.54) is 11.8 Å². The van der Waals surface area contributed by atoms with E-state index in [9.17, 15) is 4.79 Å². The van der Waals surface area contributed by atoms with Gasteiger partial charge in [0.05, 0.1) is 10.8 Å². The van der Waals surface area contributed by atoms with Crippen LogP contribution in [0, 0.1) is 6.92 Å². The Balaban J connectivity index is 2.14. The second-order valence-electron chi connectivity index (χ2n) is 4.97. The number of aryl methyl sites for hydroxylation is 1. The summed E-state index contributed by atoms with van der Waals surface area (Å²) in [4.78, 5) is 13.5. The van der Waals surface area contributed by atoms with Gasteiger partial charge < -0.3 is 13.9 Å². The van der Waals surface area contributed by atoms with Gasteiger partial charge in [-0.3, -0.25) is 4.79 Å². The number of fused-ring (bicyclic) bond motifs is 2. The standard InChI is InChI=1S/C17H16O4S/c1-10-4-7-14-13(8-10)16(18)12-6-5-11(9-15(12)21-14)22-17(19-2)20-3/h4-9,17H,1-3H3. The van der Waals surface area contributed by atoms with Crippen molar-refractivity contribution in [1.82, 2.24) is 0 Å². The fraction of sp³-hybridized carbons (Fsp3) is 0.235. The third-order valence-corrected chi connectivity index (χ3v) is 4.52. The summed E-state index contributed by atoms with van der Waals surface area (Å²) in [5.41, 5.74) is 1.80. The van der Waals surface area contributed by atoms with E-state index in [0.717, 1.165) is 10.5 Å². The SMILES string of the molecule is COC(OC)Sc1ccc2c(=O)c3cc(C)ccc3oc2c1. The maximum Gasteiger partial charge on any atom is 0.210 e. The lowest BCUT2D eigenvalue weighted by atomic mass is 10.1. The molecule has 0 saturated heterocycles. The number of methoxy groups -OCH3 is 2. The lowest BCUT2D eigenvalue weighted by Crippen LogP contribution is -2.07. The molecule has 0 saturated carbocycles. The molecule has 0 bridgehead atoms. The first kappa shape index (κ1) is 15.1. The third-order valence-electron chi connectivity index (χ3n) is 3.41. The molecule has 0 unspecified atom stereocenters. The number of thioether (sulfide) groups is 1. The van der Waals surface area contributed by atoms with E-state index in [0.29, 0.717) is 21.9 Å². The highest BCUT2D eigenvalue weighted by molar-refractivity contribution is 7.99. The Morgan fingerprint density at radius 2 is 1.77 bits per heavy atom. The molecule has 4 nitrogen and oxygen atoms in total. The van der Waals surface area contributed by atoms with Gasteiger partial charge in [0.1, 0.15) is 11.2 Å². The van der Waals surface area contributed by atoms with Gasteiger partial charge in [0.15, 0.2) is 0 Å². The minimum absolute atomic E-state index is 0.00784. The monoisotopic (exact) mass is 316 g/mol. The zero-order valence-electron chi connectivity index (χ0n) is 12.6. The minimum Gasteiger partial charge on any atom is -0.456 e. The predicted molar refractivity (Wildman–Crippen MR) is 88.4 cm³/mol. The fourth-order valence-corrected chi connectivity index (χ4v) is 3.06. The molecule has 114 valence electrons. The van der Waals surface area contributed by atoms with Crippen LogP contribution < -0.4 is 5.43 Å². The van der Waals surface area contributed by atoms with E-state index < -0.39 is 5.62 Å². The summed E-state index contributed by atoms with van der Waals surface area (Å²) < 4.78 is 16.2. The molecule has 2 aromatic carbocycles. The van der Waals surface area contributed by atoms with E-state index in [1.54, 1.807) is 20.3 Å². The van der Waals surface area contributed by atoms with Crippen molar-refractivity contribution in [2.24, 2.45) is 0 Å². The summed E-state index contributed by atoms with van der Waals surface area (Å²) in [5.74, 6) is 0. The van der Waals surface area contributed by atoms with Gasteiger partial charge in [-0.05, 0) is 37.3 Å². The van der Waals surface area contributed by atoms with Gasteiger partial charge in [-0.15, -0.1) is 0 Å². The van der Waals surface area contributed by atoms with Crippen LogP contribution in [0.1, 0.15) is 5.56 Å². The van der Waals surface area contributed by atoms with E-state index >= 15 is 0 Å². The van der Waals surface area contributed by atoms with E-state index in [4.69, 9.17) is 13.9 Å². The molecule has 0 aliphatic heterocycles. The van der Waals surface area contributed by atoms with Crippen molar-refractivity contribution in [2.45, 2.75) is 17.4 Å². The van der Waals surface area contributed by atoms with Gasteiger partial charge in [0, 0.05) is 19.1 Å². The Hall–Kier alpha value is -1.82. The van der Waals surface area contributed by atoms with Crippen LogP contribution in [0.2, 0.25) is 0 Å². The second kappa shape index (κ2) is 6.12. The molecule has 0 aliphatic rings. The van der Waals surface area contributed by atoms with Crippen molar-refractivity contribution >= 4 is 33.7 Å². The van der Waals surface area contributed by atoms with Gasteiger partial charge in [0.25, 0.3) is 0 Å². The van der Waals surface area contributed by atoms with Crippen LogP contribution in [0.25, 0.3) is 21.9 Å². The van der Waals surface area contributed by atoms with Crippen molar-refractivity contribution in [3.8, 4) is 0 Å². The molecule has 0 fully saturated rings. The van der Waals surface area contributed by atoms with E-state index in [1.807, 2.05) is 37.3 Å². The quantitative estimate of drug-likeness (QED) is 0.415. The normalized spacial score (nSPS) is 11.6. The Bertz CT molecular complexity index is 881. The maximum absolute atomic E-state index is 12.6. The highest BCUT2D eigenvalue weighted by Crippen LogP contribution is 2.28. The van der Waals surface area contributed by atoms with Crippen LogP contribution in [-0.2, 0) is 9.47 Å². The molecule has 1 aromatic heterocycles. The molecule has 1 heterocycles. The first-order chi connectivity index (χ1) is 10.6. The van der Waals surface area contributed by atoms with Crippen molar-refractivity contribution in [3.05, 3.63) is 52.2 Å². The number of benzene rings is 2.